The Morgan fingerprint density at radius 3 is 2.40 bits per heavy atom. The summed E-state index contributed by atoms with van der Waals surface area (Å²) in [6, 6.07) is 17.4. The number of hydrogen-bond acceptors (Lipinski definition) is 2. The fourth-order valence-corrected chi connectivity index (χ4v) is 2.17. The topological polar surface area (TPSA) is 29.1 Å². The Kier molecular flexibility index (Phi) is 5.33. The lowest BCUT2D eigenvalue weighted by molar-refractivity contribution is 0.0982. The van der Waals surface area contributed by atoms with Crippen molar-refractivity contribution >= 4 is 17.4 Å². The minimum atomic E-state index is 0.168. The molecule has 1 N–H and O–H groups in total. The number of Topliss-reactive ketones (excluding diaryl/α,β-unsaturated/α-hetero) is 1. The van der Waals surface area contributed by atoms with E-state index in [0.717, 1.165) is 10.6 Å². The molecule has 3 heteroatoms. The van der Waals surface area contributed by atoms with E-state index in [4.69, 9.17) is 11.6 Å². The Morgan fingerprint density at radius 2 is 1.75 bits per heavy atom. The Hall–Kier alpha value is -1.64. The van der Waals surface area contributed by atoms with Crippen LogP contribution in [0.25, 0.3) is 0 Å². The Bertz CT molecular complexity index is 551. The summed E-state index contributed by atoms with van der Waals surface area (Å²) in [6.07, 6.45) is 0.502. The highest BCUT2D eigenvalue weighted by atomic mass is 35.5. The van der Waals surface area contributed by atoms with Crippen LogP contribution in [-0.4, -0.2) is 12.3 Å². The summed E-state index contributed by atoms with van der Waals surface area (Å²) in [7, 11) is 0. The molecule has 0 bridgehead atoms. The second kappa shape index (κ2) is 7.22. The molecular formula is C17H18ClNO. The van der Waals surface area contributed by atoms with Crippen LogP contribution in [0.5, 0.6) is 0 Å². The first-order valence-electron chi connectivity index (χ1n) is 6.74. The van der Waals surface area contributed by atoms with E-state index in [2.05, 4.69) is 12.2 Å². The predicted molar refractivity (Wildman–Crippen MR) is 83.3 cm³/mol. The van der Waals surface area contributed by atoms with Gasteiger partial charge in [0.15, 0.2) is 5.78 Å². The summed E-state index contributed by atoms with van der Waals surface area (Å²) in [5.41, 5.74) is 1.94. The first kappa shape index (κ1) is 14.8. The molecule has 0 saturated heterocycles. The molecule has 0 fully saturated rings. The van der Waals surface area contributed by atoms with Gasteiger partial charge < -0.3 is 5.32 Å². The van der Waals surface area contributed by atoms with Gasteiger partial charge in [0.25, 0.3) is 0 Å². The van der Waals surface area contributed by atoms with Gasteiger partial charge in [-0.1, -0.05) is 54.1 Å². The van der Waals surface area contributed by atoms with Crippen LogP contribution in [0.1, 0.15) is 35.3 Å². The average molecular weight is 288 g/mol. The molecule has 2 aromatic carbocycles. The van der Waals surface area contributed by atoms with Crippen LogP contribution in [0.15, 0.2) is 54.6 Å². The van der Waals surface area contributed by atoms with E-state index in [-0.39, 0.29) is 11.8 Å². The first-order valence-corrected chi connectivity index (χ1v) is 7.11. The van der Waals surface area contributed by atoms with Crippen molar-refractivity contribution in [2.75, 3.05) is 6.54 Å². The van der Waals surface area contributed by atoms with Gasteiger partial charge in [0.05, 0.1) is 0 Å². The van der Waals surface area contributed by atoms with Gasteiger partial charge in [0.2, 0.25) is 0 Å². The van der Waals surface area contributed by atoms with Crippen molar-refractivity contribution < 1.29 is 4.79 Å². The van der Waals surface area contributed by atoms with E-state index in [1.54, 1.807) is 0 Å². The number of nitrogens with one attached hydrogen (secondary N) is 1. The highest BCUT2D eigenvalue weighted by molar-refractivity contribution is 6.30. The zero-order valence-electron chi connectivity index (χ0n) is 11.5. The van der Waals surface area contributed by atoms with Crippen molar-refractivity contribution in [2.24, 2.45) is 0 Å². The van der Waals surface area contributed by atoms with Gasteiger partial charge in [-0.05, 0) is 24.6 Å². The summed E-state index contributed by atoms with van der Waals surface area (Å²) >= 11 is 5.87. The van der Waals surface area contributed by atoms with Crippen LogP contribution in [0.3, 0.4) is 0 Å². The van der Waals surface area contributed by atoms with Gasteiger partial charge in [-0.15, -0.1) is 0 Å². The van der Waals surface area contributed by atoms with Crippen LogP contribution in [0, 0.1) is 0 Å². The number of rotatable bonds is 6. The molecule has 0 spiro atoms. The number of carbonyl (C=O) groups is 1. The smallest absolute Gasteiger partial charge is 0.164 e. The van der Waals surface area contributed by atoms with E-state index in [1.165, 1.54) is 5.56 Å². The average Bonchev–Trinajstić information content (AvgIpc) is 2.48. The summed E-state index contributed by atoms with van der Waals surface area (Å²) < 4.78 is 0. The molecule has 0 saturated carbocycles. The molecule has 2 aromatic rings. The minimum Gasteiger partial charge on any atom is -0.310 e. The first-order chi connectivity index (χ1) is 9.66. The predicted octanol–water partition coefficient (Wildman–Crippen LogP) is 4.26. The van der Waals surface area contributed by atoms with Crippen molar-refractivity contribution in [1.29, 1.82) is 0 Å². The molecule has 0 heterocycles. The molecule has 1 atom stereocenters. The highest BCUT2D eigenvalue weighted by Gasteiger charge is 2.07. The lowest BCUT2D eigenvalue weighted by atomic mass is 10.1. The SMILES string of the molecule is CC(NCCC(=O)c1ccccc1)c1ccc(Cl)cc1. The molecular weight excluding hydrogens is 270 g/mol. The largest absolute Gasteiger partial charge is 0.310 e. The van der Waals surface area contributed by atoms with Crippen molar-refractivity contribution in [3.8, 4) is 0 Å². The van der Waals surface area contributed by atoms with Crippen LogP contribution in [0.2, 0.25) is 5.02 Å². The molecule has 0 aliphatic heterocycles. The summed E-state index contributed by atoms with van der Waals surface area (Å²) in [5.74, 6) is 0.168. The van der Waals surface area contributed by atoms with E-state index in [0.29, 0.717) is 13.0 Å². The number of benzene rings is 2. The third-order valence-corrected chi connectivity index (χ3v) is 3.52. The zero-order valence-corrected chi connectivity index (χ0v) is 12.2. The number of ketones is 1. The molecule has 2 nitrogen and oxygen atoms in total. The third kappa shape index (κ3) is 4.19. The third-order valence-electron chi connectivity index (χ3n) is 3.27. The van der Waals surface area contributed by atoms with E-state index in [9.17, 15) is 4.79 Å². The number of hydrogen-bond donors (Lipinski definition) is 1. The minimum absolute atomic E-state index is 0.168. The molecule has 0 radical (unpaired) electrons. The number of halogens is 1. The van der Waals surface area contributed by atoms with Crippen LogP contribution in [-0.2, 0) is 0 Å². The van der Waals surface area contributed by atoms with E-state index < -0.39 is 0 Å². The van der Waals surface area contributed by atoms with Gasteiger partial charge in [-0.3, -0.25) is 4.79 Å². The lowest BCUT2D eigenvalue weighted by Crippen LogP contribution is -2.22. The lowest BCUT2D eigenvalue weighted by Gasteiger charge is -2.14. The molecule has 0 aliphatic rings. The maximum Gasteiger partial charge on any atom is 0.164 e. The van der Waals surface area contributed by atoms with Gasteiger partial charge >= 0.3 is 0 Å². The van der Waals surface area contributed by atoms with E-state index >= 15 is 0 Å². The second-order valence-corrected chi connectivity index (χ2v) is 5.20. The van der Waals surface area contributed by atoms with Crippen molar-refractivity contribution in [1.82, 2.24) is 5.32 Å². The van der Waals surface area contributed by atoms with E-state index in [1.807, 2.05) is 54.6 Å². The molecule has 2 rings (SSSR count). The van der Waals surface area contributed by atoms with Crippen molar-refractivity contribution in [2.45, 2.75) is 19.4 Å². The molecule has 20 heavy (non-hydrogen) atoms. The zero-order chi connectivity index (χ0) is 14.4. The van der Waals surface area contributed by atoms with Crippen LogP contribution >= 0.6 is 11.6 Å². The fourth-order valence-electron chi connectivity index (χ4n) is 2.04. The monoisotopic (exact) mass is 287 g/mol. The fraction of sp³-hybridized carbons (Fsp3) is 0.235. The number of carbonyl (C=O) groups excluding carboxylic acids is 1. The quantitative estimate of drug-likeness (QED) is 0.804. The van der Waals surface area contributed by atoms with Crippen LogP contribution < -0.4 is 5.32 Å². The molecule has 0 amide bonds. The molecule has 0 aliphatic carbocycles. The maximum atomic E-state index is 11.9. The Balaban J connectivity index is 1.81. The summed E-state index contributed by atoms with van der Waals surface area (Å²) in [5, 5.41) is 4.09. The maximum absolute atomic E-state index is 11.9. The summed E-state index contributed by atoms with van der Waals surface area (Å²) in [4.78, 5) is 11.9. The summed E-state index contributed by atoms with van der Waals surface area (Å²) in [6.45, 7) is 2.74. The van der Waals surface area contributed by atoms with Gasteiger partial charge in [-0.25, -0.2) is 0 Å². The normalized spacial score (nSPS) is 12.1. The van der Waals surface area contributed by atoms with Crippen LogP contribution in [0.4, 0.5) is 0 Å². The van der Waals surface area contributed by atoms with Gasteiger partial charge in [0.1, 0.15) is 0 Å². The molecule has 104 valence electrons. The second-order valence-electron chi connectivity index (χ2n) is 4.77. The Labute approximate surface area is 124 Å². The standard InChI is InChI=1S/C17H18ClNO/c1-13(14-7-9-16(18)10-8-14)19-12-11-17(20)15-5-3-2-4-6-15/h2-10,13,19H,11-12H2,1H3. The Morgan fingerprint density at radius 1 is 1.10 bits per heavy atom. The molecule has 1 unspecified atom stereocenters. The van der Waals surface area contributed by atoms with Crippen molar-refractivity contribution in [3.05, 3.63) is 70.7 Å². The highest BCUT2D eigenvalue weighted by Crippen LogP contribution is 2.16. The van der Waals surface area contributed by atoms with Gasteiger partial charge in [-0.2, -0.15) is 0 Å². The van der Waals surface area contributed by atoms with Gasteiger partial charge in [0, 0.05) is 29.6 Å². The molecule has 0 aromatic heterocycles. The van der Waals surface area contributed by atoms with Crippen molar-refractivity contribution in [3.63, 3.8) is 0 Å².